The summed E-state index contributed by atoms with van der Waals surface area (Å²) < 4.78 is 2.19. The second-order valence-electron chi connectivity index (χ2n) is 12.7. The third-order valence-corrected chi connectivity index (χ3v) is 8.97. The van der Waals surface area contributed by atoms with Gasteiger partial charge in [0.1, 0.15) is 5.82 Å². The Bertz CT molecular complexity index is 2310. The fraction of sp³-hybridized carbons (Fsp3) is 0.0889. The monoisotopic (exact) mass is 649 g/mol. The van der Waals surface area contributed by atoms with Crippen molar-refractivity contribution < 1.29 is 0 Å². The lowest BCUT2D eigenvalue weighted by Gasteiger charge is -2.29. The van der Waals surface area contributed by atoms with Gasteiger partial charge in [-0.05, 0) is 99.0 Å². The lowest BCUT2D eigenvalue weighted by atomic mass is 10.0. The third-order valence-electron chi connectivity index (χ3n) is 8.97. The lowest BCUT2D eigenvalue weighted by molar-refractivity contribution is 1.10. The van der Waals surface area contributed by atoms with Gasteiger partial charge in [-0.1, -0.05) is 102 Å². The molecule has 1 aromatic heterocycles. The maximum atomic E-state index is 8.11. The number of anilines is 3. The number of aliphatic imine (C=N–C) groups is 1. The molecule has 0 fully saturated rings. The summed E-state index contributed by atoms with van der Waals surface area (Å²) in [5.74, 6) is 0.870. The van der Waals surface area contributed by atoms with Gasteiger partial charge in [0.15, 0.2) is 0 Å². The summed E-state index contributed by atoms with van der Waals surface area (Å²) >= 11 is 0. The second-order valence-corrected chi connectivity index (χ2v) is 12.7. The van der Waals surface area contributed by atoms with E-state index in [1.165, 1.54) is 28.5 Å². The van der Waals surface area contributed by atoms with Crippen molar-refractivity contribution in [3.63, 3.8) is 0 Å². The molecule has 7 aromatic rings. The van der Waals surface area contributed by atoms with Crippen molar-refractivity contribution in [2.45, 2.75) is 27.7 Å². The Hall–Kier alpha value is -6.33. The molecule has 7 rings (SSSR count). The first-order valence-corrected chi connectivity index (χ1v) is 16.8. The van der Waals surface area contributed by atoms with E-state index in [2.05, 4.69) is 133 Å². The quantitative estimate of drug-likeness (QED) is 0.158. The topological polar surface area (TPSA) is 57.3 Å². The van der Waals surface area contributed by atoms with E-state index in [0.29, 0.717) is 5.71 Å². The molecule has 50 heavy (non-hydrogen) atoms. The largest absolute Gasteiger partial charge is 0.310 e. The summed E-state index contributed by atoms with van der Waals surface area (Å²) in [5, 5.41) is 8.11. The van der Waals surface area contributed by atoms with Crippen LogP contribution in [0.3, 0.4) is 0 Å². The minimum absolute atomic E-state index is 0.580. The van der Waals surface area contributed by atoms with Gasteiger partial charge in [0.2, 0.25) is 0 Å². The van der Waals surface area contributed by atoms with Crippen LogP contribution < -0.4 is 4.90 Å². The molecule has 0 saturated heterocycles. The molecule has 5 nitrogen and oxygen atoms in total. The zero-order chi connectivity index (χ0) is 34.6. The molecule has 244 valence electrons. The van der Waals surface area contributed by atoms with Crippen LogP contribution in [-0.2, 0) is 0 Å². The summed E-state index contributed by atoms with van der Waals surface area (Å²) in [6.07, 6.45) is 5.04. The molecule has 1 N–H and O–H groups in total. The fourth-order valence-corrected chi connectivity index (χ4v) is 6.50. The predicted octanol–water partition coefficient (Wildman–Crippen LogP) is 11.5. The highest BCUT2D eigenvalue weighted by Crippen LogP contribution is 2.39. The molecule has 0 amide bonds. The molecular formula is C45H39N5. The van der Waals surface area contributed by atoms with Gasteiger partial charge < -0.3 is 10.3 Å². The molecule has 0 radical (unpaired) electrons. The molecule has 5 heteroatoms. The SMILES string of the molecule is Cc1ccc(N(c2ccc(/C=C/N=C(C=N)c3ccc(-c4nc5ccccc5n4-c4ccccc4)cc3)cc2)c2ccc(C)cc2C)c(C)c1. The number of nitrogens with one attached hydrogen (secondary N) is 1. The Kier molecular flexibility index (Phi) is 9.04. The van der Waals surface area contributed by atoms with E-state index in [1.54, 1.807) is 6.20 Å². The summed E-state index contributed by atoms with van der Waals surface area (Å²) in [6, 6.07) is 48.3. The van der Waals surface area contributed by atoms with Crippen molar-refractivity contribution in [3.8, 4) is 17.1 Å². The number of hydrogen-bond acceptors (Lipinski definition) is 4. The van der Waals surface area contributed by atoms with E-state index in [-0.39, 0.29) is 0 Å². The van der Waals surface area contributed by atoms with Gasteiger partial charge in [0, 0.05) is 46.3 Å². The Morgan fingerprint density at radius 2 is 1.30 bits per heavy atom. The smallest absolute Gasteiger partial charge is 0.145 e. The number of imidazole rings is 1. The predicted molar refractivity (Wildman–Crippen MR) is 211 cm³/mol. The summed E-state index contributed by atoms with van der Waals surface area (Å²) in [4.78, 5) is 12.0. The molecule has 0 aliphatic carbocycles. The number of fused-ring (bicyclic) bond motifs is 1. The highest BCUT2D eigenvalue weighted by Gasteiger charge is 2.17. The molecule has 1 heterocycles. The summed E-state index contributed by atoms with van der Waals surface area (Å²) in [5.41, 5.74) is 14.9. The van der Waals surface area contributed by atoms with E-state index in [9.17, 15) is 0 Å². The van der Waals surface area contributed by atoms with Crippen LogP contribution in [0.15, 0.2) is 151 Å². The van der Waals surface area contributed by atoms with Gasteiger partial charge in [-0.3, -0.25) is 9.56 Å². The number of aromatic nitrogens is 2. The number of para-hydroxylation sites is 3. The van der Waals surface area contributed by atoms with Crippen LogP contribution in [0.4, 0.5) is 17.1 Å². The first-order chi connectivity index (χ1) is 24.4. The molecule has 0 aliphatic heterocycles. The van der Waals surface area contributed by atoms with Crippen molar-refractivity contribution in [2.75, 3.05) is 4.90 Å². The van der Waals surface area contributed by atoms with Gasteiger partial charge in [-0.25, -0.2) is 4.98 Å². The van der Waals surface area contributed by atoms with Crippen molar-refractivity contribution >= 4 is 46.1 Å². The van der Waals surface area contributed by atoms with Crippen molar-refractivity contribution in [1.29, 1.82) is 5.41 Å². The third kappa shape index (κ3) is 6.54. The fourth-order valence-electron chi connectivity index (χ4n) is 6.50. The Balaban J connectivity index is 1.14. The normalized spacial score (nSPS) is 11.7. The van der Waals surface area contributed by atoms with Gasteiger partial charge in [-0.15, -0.1) is 0 Å². The van der Waals surface area contributed by atoms with Gasteiger partial charge in [0.25, 0.3) is 0 Å². The van der Waals surface area contributed by atoms with Crippen LogP contribution >= 0.6 is 0 Å². The first kappa shape index (κ1) is 32.2. The number of hydrogen-bond donors (Lipinski definition) is 1. The molecule has 6 aromatic carbocycles. The second kappa shape index (κ2) is 14.0. The number of benzene rings is 6. The number of nitrogens with zero attached hydrogens (tertiary/aromatic N) is 4. The molecule has 0 atom stereocenters. The maximum absolute atomic E-state index is 8.11. The molecule has 0 unspecified atom stereocenters. The average Bonchev–Trinajstić information content (AvgIpc) is 3.53. The van der Waals surface area contributed by atoms with Crippen LogP contribution in [0, 0.1) is 33.1 Å². The van der Waals surface area contributed by atoms with Gasteiger partial charge in [0.05, 0.1) is 16.7 Å². The Morgan fingerprint density at radius 1 is 0.680 bits per heavy atom. The summed E-state index contributed by atoms with van der Waals surface area (Å²) in [7, 11) is 0. The zero-order valence-electron chi connectivity index (χ0n) is 28.8. The lowest BCUT2D eigenvalue weighted by Crippen LogP contribution is -2.12. The van der Waals surface area contributed by atoms with Crippen LogP contribution in [0.2, 0.25) is 0 Å². The zero-order valence-corrected chi connectivity index (χ0v) is 28.8. The van der Waals surface area contributed by atoms with E-state index in [1.807, 2.05) is 54.6 Å². The number of rotatable bonds is 9. The van der Waals surface area contributed by atoms with Crippen molar-refractivity contribution in [1.82, 2.24) is 9.55 Å². The first-order valence-electron chi connectivity index (χ1n) is 16.8. The molecule has 0 aliphatic rings. The highest BCUT2D eigenvalue weighted by molar-refractivity contribution is 6.37. The molecule has 0 saturated carbocycles. The van der Waals surface area contributed by atoms with Gasteiger partial charge >= 0.3 is 0 Å². The van der Waals surface area contributed by atoms with E-state index in [0.717, 1.165) is 56.3 Å². The molecule has 0 bridgehead atoms. The van der Waals surface area contributed by atoms with E-state index in [4.69, 9.17) is 10.4 Å². The van der Waals surface area contributed by atoms with Crippen LogP contribution in [0.1, 0.15) is 33.4 Å². The summed E-state index contributed by atoms with van der Waals surface area (Å²) in [6.45, 7) is 8.60. The minimum Gasteiger partial charge on any atom is -0.310 e. The van der Waals surface area contributed by atoms with E-state index >= 15 is 0 Å². The maximum Gasteiger partial charge on any atom is 0.145 e. The minimum atomic E-state index is 0.580. The standard InChI is InChI=1S/C45H39N5/c1-31-14-24-42(33(3)28-31)49(43-25-15-32(2)29-34(43)4)39-22-16-35(17-23-39)26-27-47-41(30-46)36-18-20-37(21-19-36)45-48-40-12-8-9-13-44(40)50(45)38-10-6-5-7-11-38/h5-30,46H,1-4H3/b27-26+,46-30?,47-41?. The van der Waals surface area contributed by atoms with Crippen LogP contribution in [0.25, 0.3) is 34.2 Å². The molecule has 0 spiro atoms. The van der Waals surface area contributed by atoms with Gasteiger partial charge in [-0.2, -0.15) is 0 Å². The van der Waals surface area contributed by atoms with Crippen LogP contribution in [-0.4, -0.2) is 21.5 Å². The van der Waals surface area contributed by atoms with Crippen LogP contribution in [0.5, 0.6) is 0 Å². The highest BCUT2D eigenvalue weighted by atomic mass is 15.1. The average molecular weight is 650 g/mol. The number of aryl methyl sites for hydroxylation is 4. The Labute approximate surface area is 294 Å². The molecular weight excluding hydrogens is 611 g/mol. The Morgan fingerprint density at radius 3 is 1.92 bits per heavy atom. The van der Waals surface area contributed by atoms with Crippen molar-refractivity contribution in [2.24, 2.45) is 4.99 Å². The van der Waals surface area contributed by atoms with Crippen molar-refractivity contribution in [3.05, 3.63) is 179 Å². The van der Waals surface area contributed by atoms with E-state index < -0.39 is 0 Å².